The van der Waals surface area contributed by atoms with Gasteiger partial charge in [-0.2, -0.15) is 0 Å². The molecule has 0 saturated heterocycles. The van der Waals surface area contributed by atoms with E-state index in [4.69, 9.17) is 4.74 Å². The van der Waals surface area contributed by atoms with E-state index in [0.717, 1.165) is 5.75 Å². The van der Waals surface area contributed by atoms with Gasteiger partial charge < -0.3 is 4.74 Å². The molecule has 0 aromatic heterocycles. The second-order valence-electron chi connectivity index (χ2n) is 6.70. The predicted octanol–water partition coefficient (Wildman–Crippen LogP) is 5.98. The molecule has 0 saturated carbocycles. The maximum absolute atomic E-state index is 5.47. The van der Waals surface area contributed by atoms with E-state index >= 15 is 0 Å². The van der Waals surface area contributed by atoms with Crippen LogP contribution >= 0.6 is 0 Å². The summed E-state index contributed by atoms with van der Waals surface area (Å²) in [6, 6.07) is 21.7. The average Bonchev–Trinajstić information content (AvgIpc) is 2.79. The number of hydrogen-bond donors (Lipinski definition) is 0. The maximum atomic E-state index is 5.47. The molecule has 3 aromatic rings. The predicted molar refractivity (Wildman–Crippen MR) is 105 cm³/mol. The first-order valence-electron chi connectivity index (χ1n) is 8.70. The van der Waals surface area contributed by atoms with E-state index in [1.54, 1.807) is 7.11 Å². The van der Waals surface area contributed by atoms with Gasteiger partial charge in [-0.1, -0.05) is 60.7 Å². The van der Waals surface area contributed by atoms with Crippen molar-refractivity contribution in [2.75, 3.05) is 7.11 Å². The molecule has 1 heteroatoms. The van der Waals surface area contributed by atoms with Crippen LogP contribution < -0.4 is 4.74 Å². The minimum absolute atomic E-state index is 0.230. The molecule has 0 amide bonds. The van der Waals surface area contributed by atoms with Crippen molar-refractivity contribution in [1.29, 1.82) is 0 Å². The van der Waals surface area contributed by atoms with Crippen molar-refractivity contribution >= 4 is 12.2 Å². The lowest BCUT2D eigenvalue weighted by Crippen LogP contribution is -2.09. The van der Waals surface area contributed by atoms with Gasteiger partial charge in [0.15, 0.2) is 0 Å². The number of rotatable bonds is 2. The fourth-order valence-corrected chi connectivity index (χ4v) is 4.02. The van der Waals surface area contributed by atoms with Gasteiger partial charge >= 0.3 is 0 Å². The van der Waals surface area contributed by atoms with Gasteiger partial charge in [-0.15, -0.1) is 0 Å². The highest BCUT2D eigenvalue weighted by Gasteiger charge is 2.25. The number of methoxy groups -OCH3 is 1. The lowest BCUT2D eigenvalue weighted by molar-refractivity contribution is 0.414. The highest BCUT2D eigenvalue weighted by molar-refractivity contribution is 5.78. The van der Waals surface area contributed by atoms with Gasteiger partial charge in [0.05, 0.1) is 7.11 Å². The molecule has 0 N–H and O–H groups in total. The van der Waals surface area contributed by atoms with Gasteiger partial charge in [0.2, 0.25) is 0 Å². The van der Waals surface area contributed by atoms with Crippen molar-refractivity contribution in [1.82, 2.24) is 0 Å². The molecule has 124 valence electrons. The summed E-state index contributed by atoms with van der Waals surface area (Å²) in [4.78, 5) is 0. The molecule has 0 fully saturated rings. The van der Waals surface area contributed by atoms with Crippen LogP contribution in [0.2, 0.25) is 0 Å². The summed E-state index contributed by atoms with van der Waals surface area (Å²) in [6.45, 7) is 4.38. The topological polar surface area (TPSA) is 9.23 Å². The minimum Gasteiger partial charge on any atom is -0.497 e. The van der Waals surface area contributed by atoms with Crippen LogP contribution in [0.5, 0.6) is 5.75 Å². The van der Waals surface area contributed by atoms with E-state index in [9.17, 15) is 0 Å². The van der Waals surface area contributed by atoms with E-state index in [1.807, 2.05) is 0 Å². The first-order chi connectivity index (χ1) is 12.2. The molecular formula is C24H22O. The molecule has 0 bridgehead atoms. The average molecular weight is 326 g/mol. The monoisotopic (exact) mass is 326 g/mol. The van der Waals surface area contributed by atoms with Gasteiger partial charge in [0.25, 0.3) is 0 Å². The first kappa shape index (κ1) is 15.7. The number of ether oxygens (including phenoxy) is 1. The SMILES string of the molecule is COc1cc(C)c(C2c3ccccc3C=Cc3ccccc32)c(C)c1. The van der Waals surface area contributed by atoms with Crippen LogP contribution in [0.25, 0.3) is 12.2 Å². The second kappa shape index (κ2) is 6.25. The zero-order chi connectivity index (χ0) is 17.4. The Kier molecular flexibility index (Phi) is 3.93. The lowest BCUT2D eigenvalue weighted by atomic mass is 9.79. The summed E-state index contributed by atoms with van der Waals surface area (Å²) in [5, 5.41) is 0. The van der Waals surface area contributed by atoms with Crippen molar-refractivity contribution in [3.8, 4) is 5.75 Å². The van der Waals surface area contributed by atoms with Gasteiger partial charge in [0, 0.05) is 5.92 Å². The van der Waals surface area contributed by atoms with Crippen molar-refractivity contribution in [2.24, 2.45) is 0 Å². The highest BCUT2D eigenvalue weighted by atomic mass is 16.5. The zero-order valence-corrected chi connectivity index (χ0v) is 14.9. The van der Waals surface area contributed by atoms with Crippen LogP contribution in [0.4, 0.5) is 0 Å². The molecule has 0 heterocycles. The lowest BCUT2D eigenvalue weighted by Gasteiger charge is -2.25. The number of benzene rings is 3. The summed E-state index contributed by atoms with van der Waals surface area (Å²) >= 11 is 0. The third-order valence-corrected chi connectivity index (χ3v) is 5.15. The van der Waals surface area contributed by atoms with Crippen molar-refractivity contribution in [2.45, 2.75) is 19.8 Å². The fraction of sp³-hybridized carbons (Fsp3) is 0.167. The highest BCUT2D eigenvalue weighted by Crippen LogP contribution is 2.42. The normalized spacial score (nSPS) is 13.1. The third kappa shape index (κ3) is 2.66. The smallest absolute Gasteiger partial charge is 0.119 e. The van der Waals surface area contributed by atoms with Gasteiger partial charge in [-0.3, -0.25) is 0 Å². The van der Waals surface area contributed by atoms with E-state index < -0.39 is 0 Å². The van der Waals surface area contributed by atoms with E-state index in [2.05, 4.69) is 86.7 Å². The third-order valence-electron chi connectivity index (χ3n) is 5.15. The maximum Gasteiger partial charge on any atom is 0.119 e. The van der Waals surface area contributed by atoms with Crippen LogP contribution in [0.1, 0.15) is 44.9 Å². The van der Waals surface area contributed by atoms with E-state index in [-0.39, 0.29) is 5.92 Å². The molecule has 0 aliphatic heterocycles. The molecule has 1 aliphatic carbocycles. The number of fused-ring (bicyclic) bond motifs is 2. The Morgan fingerprint density at radius 3 is 1.68 bits per heavy atom. The second-order valence-corrected chi connectivity index (χ2v) is 6.70. The van der Waals surface area contributed by atoms with Crippen LogP contribution in [0, 0.1) is 13.8 Å². The summed E-state index contributed by atoms with van der Waals surface area (Å²) in [5.41, 5.74) is 9.22. The molecule has 1 aliphatic rings. The Bertz CT molecular complexity index is 893. The number of hydrogen-bond acceptors (Lipinski definition) is 1. The van der Waals surface area contributed by atoms with Crippen LogP contribution in [0.3, 0.4) is 0 Å². The molecule has 1 nitrogen and oxygen atoms in total. The van der Waals surface area contributed by atoms with Crippen molar-refractivity contribution in [3.63, 3.8) is 0 Å². The summed E-state index contributed by atoms with van der Waals surface area (Å²) < 4.78 is 5.47. The molecule has 0 unspecified atom stereocenters. The molecule has 25 heavy (non-hydrogen) atoms. The Morgan fingerprint density at radius 2 is 1.20 bits per heavy atom. The first-order valence-corrected chi connectivity index (χ1v) is 8.70. The van der Waals surface area contributed by atoms with E-state index in [1.165, 1.54) is 38.9 Å². The largest absolute Gasteiger partial charge is 0.497 e. The quantitative estimate of drug-likeness (QED) is 0.440. The Hall–Kier alpha value is -2.80. The zero-order valence-electron chi connectivity index (χ0n) is 14.9. The molecule has 0 atom stereocenters. The molecule has 4 rings (SSSR count). The standard InChI is InChI=1S/C24H22O/c1-16-14-20(25-3)15-17(2)23(16)24-21-10-6-4-8-18(21)12-13-19-9-5-7-11-22(19)24/h4-15,24H,1-3H3. The van der Waals surface area contributed by atoms with Crippen LogP contribution in [0.15, 0.2) is 60.7 Å². The summed E-state index contributed by atoms with van der Waals surface area (Å²) in [7, 11) is 1.73. The Labute approximate surface area is 149 Å². The molecular weight excluding hydrogens is 304 g/mol. The van der Waals surface area contributed by atoms with Crippen molar-refractivity contribution < 1.29 is 4.74 Å². The van der Waals surface area contributed by atoms with Gasteiger partial charge in [-0.05, 0) is 64.9 Å². The fourth-order valence-electron chi connectivity index (χ4n) is 4.02. The molecule has 0 spiro atoms. The minimum atomic E-state index is 0.230. The van der Waals surface area contributed by atoms with Crippen LogP contribution in [-0.2, 0) is 0 Å². The van der Waals surface area contributed by atoms with E-state index in [0.29, 0.717) is 0 Å². The van der Waals surface area contributed by atoms with Gasteiger partial charge in [0.1, 0.15) is 5.75 Å². The molecule has 0 radical (unpaired) electrons. The Balaban J connectivity index is 2.03. The Morgan fingerprint density at radius 1 is 0.720 bits per heavy atom. The van der Waals surface area contributed by atoms with Gasteiger partial charge in [-0.25, -0.2) is 0 Å². The summed E-state index contributed by atoms with van der Waals surface area (Å²) in [5.74, 6) is 1.15. The summed E-state index contributed by atoms with van der Waals surface area (Å²) in [6.07, 6.45) is 4.48. The number of aryl methyl sites for hydroxylation is 2. The van der Waals surface area contributed by atoms with Crippen LogP contribution in [-0.4, -0.2) is 7.11 Å². The molecule has 3 aromatic carbocycles. The van der Waals surface area contributed by atoms with Crippen molar-refractivity contribution in [3.05, 3.63) is 99.6 Å².